The summed E-state index contributed by atoms with van der Waals surface area (Å²) < 4.78 is 5.88. The van der Waals surface area contributed by atoms with Crippen LogP contribution in [0.2, 0.25) is 5.02 Å². The molecule has 4 aromatic carbocycles. The fraction of sp³-hybridized carbons (Fsp3) is 0.0690. The Labute approximate surface area is 214 Å². The molecule has 0 aliphatic heterocycles. The van der Waals surface area contributed by atoms with Crippen LogP contribution in [0.5, 0.6) is 5.75 Å². The Hall–Kier alpha value is -4.42. The Bertz CT molecular complexity index is 1360. The number of hydrazone groups is 1. The summed E-state index contributed by atoms with van der Waals surface area (Å²) in [5.74, 6) is -0.190. The summed E-state index contributed by atoms with van der Waals surface area (Å²) in [6.45, 7) is 0.0938. The van der Waals surface area contributed by atoms with Crippen molar-refractivity contribution in [2.45, 2.75) is 6.61 Å². The number of carbonyl (C=O) groups is 2. The number of hydrogen-bond donors (Lipinski definition) is 2. The number of nitrogens with one attached hydrogen (secondary N) is 2. The number of halogens is 1. The summed E-state index contributed by atoms with van der Waals surface area (Å²) >= 11 is 6.19. The minimum absolute atomic E-state index is 0.207. The molecule has 180 valence electrons. The van der Waals surface area contributed by atoms with Gasteiger partial charge in [-0.2, -0.15) is 5.10 Å². The van der Waals surface area contributed by atoms with E-state index in [2.05, 4.69) is 15.8 Å². The van der Waals surface area contributed by atoms with Gasteiger partial charge in [-0.1, -0.05) is 84.4 Å². The topological polar surface area (TPSA) is 79.8 Å². The van der Waals surface area contributed by atoms with E-state index in [0.29, 0.717) is 28.5 Å². The molecule has 0 atom stereocenters. The standard InChI is InChI=1S/C29H24ClN3O3/c30-26-12-6-4-11-25(26)20-36-27-13-7-5-10-24(27)18-32-33-28(34)19-31-29(35)23-16-14-22(15-17-23)21-8-2-1-3-9-21/h1-18H,19-20H2,(H,31,35)(H,33,34)/b32-18+. The van der Waals surface area contributed by atoms with Gasteiger partial charge in [0.2, 0.25) is 0 Å². The van der Waals surface area contributed by atoms with E-state index in [1.165, 1.54) is 6.21 Å². The first-order chi connectivity index (χ1) is 17.6. The Kier molecular flexibility index (Phi) is 8.46. The van der Waals surface area contributed by atoms with Gasteiger partial charge in [0.25, 0.3) is 11.8 Å². The van der Waals surface area contributed by atoms with Crippen LogP contribution in [0.4, 0.5) is 0 Å². The summed E-state index contributed by atoms with van der Waals surface area (Å²) in [5.41, 5.74) is 6.52. The van der Waals surface area contributed by atoms with Crippen molar-refractivity contribution in [2.24, 2.45) is 5.10 Å². The van der Waals surface area contributed by atoms with Crippen molar-refractivity contribution in [3.8, 4) is 16.9 Å². The summed E-state index contributed by atoms with van der Waals surface area (Å²) in [5, 5.41) is 7.22. The maximum absolute atomic E-state index is 12.4. The third-order valence-corrected chi connectivity index (χ3v) is 5.69. The van der Waals surface area contributed by atoms with Crippen molar-refractivity contribution in [1.82, 2.24) is 10.7 Å². The highest BCUT2D eigenvalue weighted by Crippen LogP contribution is 2.21. The molecule has 4 rings (SSSR count). The molecule has 0 heterocycles. The average Bonchev–Trinajstić information content (AvgIpc) is 2.92. The minimum Gasteiger partial charge on any atom is -0.488 e. The fourth-order valence-electron chi connectivity index (χ4n) is 3.41. The molecular weight excluding hydrogens is 474 g/mol. The van der Waals surface area contributed by atoms with Crippen LogP contribution in [0, 0.1) is 0 Å². The summed E-state index contributed by atoms with van der Waals surface area (Å²) in [4.78, 5) is 24.6. The zero-order valence-electron chi connectivity index (χ0n) is 19.4. The molecule has 0 saturated heterocycles. The molecule has 2 N–H and O–H groups in total. The Balaban J connectivity index is 1.26. The number of benzene rings is 4. The highest BCUT2D eigenvalue weighted by Gasteiger charge is 2.09. The van der Waals surface area contributed by atoms with Crippen LogP contribution in [-0.2, 0) is 11.4 Å². The largest absolute Gasteiger partial charge is 0.488 e. The predicted molar refractivity (Wildman–Crippen MR) is 142 cm³/mol. The maximum Gasteiger partial charge on any atom is 0.259 e. The van der Waals surface area contributed by atoms with E-state index in [9.17, 15) is 9.59 Å². The summed E-state index contributed by atoms with van der Waals surface area (Å²) in [6.07, 6.45) is 1.49. The molecule has 0 aliphatic rings. The molecule has 7 heteroatoms. The van der Waals surface area contributed by atoms with Gasteiger partial charge in [-0.15, -0.1) is 0 Å². The summed E-state index contributed by atoms with van der Waals surface area (Å²) in [7, 11) is 0. The van der Waals surface area contributed by atoms with Gasteiger partial charge in [0.05, 0.1) is 12.8 Å². The van der Waals surface area contributed by atoms with Gasteiger partial charge in [-0.25, -0.2) is 5.43 Å². The molecule has 0 aliphatic carbocycles. The molecule has 36 heavy (non-hydrogen) atoms. The molecule has 6 nitrogen and oxygen atoms in total. The molecule has 0 fully saturated rings. The van der Waals surface area contributed by atoms with E-state index < -0.39 is 5.91 Å². The lowest BCUT2D eigenvalue weighted by molar-refractivity contribution is -0.120. The van der Waals surface area contributed by atoms with E-state index in [-0.39, 0.29) is 12.5 Å². The smallest absolute Gasteiger partial charge is 0.259 e. The monoisotopic (exact) mass is 497 g/mol. The third-order valence-electron chi connectivity index (χ3n) is 5.32. The van der Waals surface area contributed by atoms with Gasteiger partial charge in [-0.3, -0.25) is 9.59 Å². The van der Waals surface area contributed by atoms with E-state index in [4.69, 9.17) is 16.3 Å². The lowest BCUT2D eigenvalue weighted by atomic mass is 10.0. The number of carbonyl (C=O) groups excluding carboxylic acids is 2. The zero-order chi connectivity index (χ0) is 25.2. The normalized spacial score (nSPS) is 10.7. The van der Waals surface area contributed by atoms with Crippen molar-refractivity contribution in [3.63, 3.8) is 0 Å². The molecule has 0 bridgehead atoms. The van der Waals surface area contributed by atoms with Gasteiger partial charge in [0.1, 0.15) is 12.4 Å². The first-order valence-electron chi connectivity index (χ1n) is 11.3. The van der Waals surface area contributed by atoms with E-state index >= 15 is 0 Å². The Morgan fingerprint density at radius 2 is 1.47 bits per heavy atom. The lowest BCUT2D eigenvalue weighted by Crippen LogP contribution is -2.34. The number of amides is 2. The SMILES string of the molecule is O=C(CNC(=O)c1ccc(-c2ccccc2)cc1)N/N=C/c1ccccc1OCc1ccccc1Cl. The third kappa shape index (κ3) is 6.81. The van der Waals surface area contributed by atoms with Crippen LogP contribution < -0.4 is 15.5 Å². The zero-order valence-corrected chi connectivity index (χ0v) is 20.1. The summed E-state index contributed by atoms with van der Waals surface area (Å²) in [6, 6.07) is 31.9. The number of hydrogen-bond acceptors (Lipinski definition) is 4. The van der Waals surface area contributed by atoms with E-state index in [0.717, 1.165) is 16.7 Å². The van der Waals surface area contributed by atoms with Gasteiger partial charge >= 0.3 is 0 Å². The van der Waals surface area contributed by atoms with Crippen molar-refractivity contribution in [3.05, 3.63) is 125 Å². The maximum atomic E-state index is 12.4. The average molecular weight is 498 g/mol. The second-order valence-corrected chi connectivity index (χ2v) is 8.24. The van der Waals surface area contributed by atoms with Gasteiger partial charge in [0, 0.05) is 21.7 Å². The van der Waals surface area contributed by atoms with Crippen molar-refractivity contribution < 1.29 is 14.3 Å². The quantitative estimate of drug-likeness (QED) is 0.238. The molecule has 0 radical (unpaired) electrons. The minimum atomic E-state index is -0.449. The highest BCUT2D eigenvalue weighted by atomic mass is 35.5. The molecule has 0 saturated carbocycles. The second-order valence-electron chi connectivity index (χ2n) is 7.84. The van der Waals surface area contributed by atoms with Crippen LogP contribution >= 0.6 is 11.6 Å². The lowest BCUT2D eigenvalue weighted by Gasteiger charge is -2.10. The molecule has 0 aromatic heterocycles. The second kappa shape index (κ2) is 12.3. The van der Waals surface area contributed by atoms with E-state index in [1.807, 2.05) is 91.0 Å². The number of nitrogens with zero attached hydrogens (tertiary/aromatic N) is 1. The van der Waals surface area contributed by atoms with Gasteiger partial charge in [0.15, 0.2) is 0 Å². The highest BCUT2D eigenvalue weighted by molar-refractivity contribution is 6.31. The van der Waals surface area contributed by atoms with Crippen LogP contribution in [0.3, 0.4) is 0 Å². The predicted octanol–water partition coefficient (Wildman–Crippen LogP) is 5.47. The number of ether oxygens (including phenoxy) is 1. The van der Waals surface area contributed by atoms with Crippen LogP contribution in [0.15, 0.2) is 108 Å². The first-order valence-corrected chi connectivity index (χ1v) is 11.7. The molecular formula is C29H24ClN3O3. The molecule has 2 amide bonds. The van der Waals surface area contributed by atoms with Gasteiger partial charge in [-0.05, 0) is 41.5 Å². The van der Waals surface area contributed by atoms with Crippen LogP contribution in [-0.4, -0.2) is 24.6 Å². The van der Waals surface area contributed by atoms with Gasteiger partial charge < -0.3 is 10.1 Å². The molecule has 0 spiro atoms. The fourth-order valence-corrected chi connectivity index (χ4v) is 3.60. The number of para-hydroxylation sites is 1. The Morgan fingerprint density at radius 1 is 0.806 bits per heavy atom. The van der Waals surface area contributed by atoms with Crippen LogP contribution in [0.25, 0.3) is 11.1 Å². The molecule has 4 aromatic rings. The Morgan fingerprint density at radius 3 is 2.25 bits per heavy atom. The molecule has 0 unspecified atom stereocenters. The van der Waals surface area contributed by atoms with Crippen LogP contribution in [0.1, 0.15) is 21.5 Å². The van der Waals surface area contributed by atoms with Crippen molar-refractivity contribution >= 4 is 29.6 Å². The number of rotatable bonds is 9. The van der Waals surface area contributed by atoms with Crippen molar-refractivity contribution in [1.29, 1.82) is 0 Å². The van der Waals surface area contributed by atoms with Crippen molar-refractivity contribution in [2.75, 3.05) is 6.54 Å². The van der Waals surface area contributed by atoms with E-state index in [1.54, 1.807) is 12.1 Å². The first kappa shape index (κ1) is 24.7.